The van der Waals surface area contributed by atoms with Gasteiger partial charge < -0.3 is 10.8 Å². The minimum Gasteiger partial charge on any atom is -0.481 e. The first-order valence-electron chi connectivity index (χ1n) is 5.94. The summed E-state index contributed by atoms with van der Waals surface area (Å²) in [6, 6.07) is 8.34. The lowest BCUT2D eigenvalue weighted by molar-refractivity contribution is -0.143. The molecular weight excluding hydrogens is 246 g/mol. The molecule has 19 heavy (non-hydrogen) atoms. The number of hydrogen-bond acceptors (Lipinski definition) is 3. The number of hydrazone groups is 1. The first-order valence-corrected chi connectivity index (χ1v) is 5.94. The van der Waals surface area contributed by atoms with E-state index in [1.165, 1.54) is 0 Å². The van der Waals surface area contributed by atoms with Crippen molar-refractivity contribution in [3.63, 3.8) is 0 Å². The number of amides is 2. The molecule has 1 atom stereocenters. The highest BCUT2D eigenvalue weighted by Crippen LogP contribution is 2.40. The summed E-state index contributed by atoms with van der Waals surface area (Å²) >= 11 is 0. The van der Waals surface area contributed by atoms with E-state index in [4.69, 9.17) is 5.73 Å². The summed E-state index contributed by atoms with van der Waals surface area (Å²) in [5.41, 5.74) is 7.53. The van der Waals surface area contributed by atoms with E-state index in [2.05, 4.69) is 10.5 Å². The van der Waals surface area contributed by atoms with Crippen LogP contribution in [0.25, 0.3) is 0 Å². The Labute approximate surface area is 110 Å². The Morgan fingerprint density at radius 1 is 1.32 bits per heavy atom. The number of carbonyl (C=O) groups excluding carboxylic acids is 1. The van der Waals surface area contributed by atoms with Crippen LogP contribution in [0.5, 0.6) is 0 Å². The van der Waals surface area contributed by atoms with Crippen molar-refractivity contribution in [3.8, 4) is 0 Å². The lowest BCUT2D eigenvalue weighted by Crippen LogP contribution is -2.33. The molecule has 4 N–H and O–H groups in total. The van der Waals surface area contributed by atoms with Crippen LogP contribution >= 0.6 is 0 Å². The van der Waals surface area contributed by atoms with Crippen molar-refractivity contribution in [1.82, 2.24) is 5.43 Å². The van der Waals surface area contributed by atoms with Gasteiger partial charge in [0.05, 0.1) is 5.41 Å². The molecule has 0 unspecified atom stereocenters. The molecule has 1 aliphatic rings. The third-order valence-electron chi connectivity index (χ3n) is 3.41. The normalized spacial score (nSPS) is 24.3. The smallest absolute Gasteiger partial charge is 0.332 e. The van der Waals surface area contributed by atoms with Crippen LogP contribution in [0.2, 0.25) is 0 Å². The molecule has 2 rings (SSSR count). The van der Waals surface area contributed by atoms with Gasteiger partial charge in [-0.25, -0.2) is 10.2 Å². The standard InChI is InChI=1S/C13H15N3O3/c14-12(19)16-15-10-6-7-13(8-10,11(17)18)9-4-2-1-3-5-9/h1-5H,6-8H2,(H,17,18)(H3,14,16,19)/b15-10-/t13-/m1/s1. The fourth-order valence-electron chi connectivity index (χ4n) is 2.42. The highest BCUT2D eigenvalue weighted by molar-refractivity contribution is 5.97. The Kier molecular flexibility index (Phi) is 3.50. The lowest BCUT2D eigenvalue weighted by atomic mass is 9.79. The predicted molar refractivity (Wildman–Crippen MR) is 69.8 cm³/mol. The number of carboxylic acids is 1. The van der Waals surface area contributed by atoms with E-state index >= 15 is 0 Å². The van der Waals surface area contributed by atoms with E-state index in [0.717, 1.165) is 5.56 Å². The number of nitrogens with two attached hydrogens (primary N) is 1. The molecule has 1 fully saturated rings. The van der Waals surface area contributed by atoms with Gasteiger partial charge in [0.1, 0.15) is 0 Å². The number of nitrogens with one attached hydrogen (secondary N) is 1. The zero-order valence-electron chi connectivity index (χ0n) is 10.3. The van der Waals surface area contributed by atoms with Gasteiger partial charge in [-0.05, 0) is 18.4 Å². The predicted octanol–water partition coefficient (Wildman–Crippen LogP) is 1.22. The van der Waals surface area contributed by atoms with Gasteiger partial charge in [-0.15, -0.1) is 0 Å². The Balaban J connectivity index is 2.28. The molecule has 0 saturated heterocycles. The summed E-state index contributed by atoms with van der Waals surface area (Å²) in [7, 11) is 0. The van der Waals surface area contributed by atoms with E-state index in [1.54, 1.807) is 12.1 Å². The number of rotatable bonds is 3. The SMILES string of the molecule is NC(=O)N/N=C1/CC[C@](C(=O)O)(c2ccccc2)C1. The van der Waals surface area contributed by atoms with Gasteiger partial charge in [-0.1, -0.05) is 30.3 Å². The maximum Gasteiger partial charge on any atom is 0.332 e. The Morgan fingerprint density at radius 3 is 2.58 bits per heavy atom. The zero-order chi connectivity index (χ0) is 13.9. The van der Waals surface area contributed by atoms with Crippen LogP contribution in [-0.2, 0) is 10.2 Å². The molecule has 6 heteroatoms. The third kappa shape index (κ3) is 2.57. The molecule has 0 radical (unpaired) electrons. The number of aliphatic carboxylic acids is 1. The topological polar surface area (TPSA) is 105 Å². The van der Waals surface area contributed by atoms with Gasteiger partial charge >= 0.3 is 12.0 Å². The van der Waals surface area contributed by atoms with E-state index in [1.807, 2.05) is 18.2 Å². The van der Waals surface area contributed by atoms with Crippen molar-refractivity contribution in [2.45, 2.75) is 24.7 Å². The van der Waals surface area contributed by atoms with E-state index in [9.17, 15) is 14.7 Å². The highest BCUT2D eigenvalue weighted by Gasteiger charge is 2.45. The van der Waals surface area contributed by atoms with Crippen LogP contribution in [0.15, 0.2) is 35.4 Å². The average molecular weight is 261 g/mol. The van der Waals surface area contributed by atoms with Gasteiger partial charge in [-0.2, -0.15) is 5.10 Å². The minimum absolute atomic E-state index is 0.284. The van der Waals surface area contributed by atoms with Crippen LogP contribution in [0.3, 0.4) is 0 Å². The zero-order valence-corrected chi connectivity index (χ0v) is 10.3. The second-order valence-corrected chi connectivity index (χ2v) is 4.58. The molecule has 1 aromatic carbocycles. The average Bonchev–Trinajstić information content (AvgIpc) is 2.83. The van der Waals surface area contributed by atoms with E-state index in [0.29, 0.717) is 18.6 Å². The van der Waals surface area contributed by atoms with Gasteiger partial charge in [0.15, 0.2) is 0 Å². The minimum atomic E-state index is -0.959. The molecule has 100 valence electrons. The largest absolute Gasteiger partial charge is 0.481 e. The highest BCUT2D eigenvalue weighted by atomic mass is 16.4. The van der Waals surface area contributed by atoms with Gasteiger partial charge in [0, 0.05) is 12.1 Å². The first-order chi connectivity index (χ1) is 9.04. The molecule has 1 aromatic rings. The Hall–Kier alpha value is -2.37. The van der Waals surface area contributed by atoms with Crippen molar-refractivity contribution < 1.29 is 14.7 Å². The Bertz CT molecular complexity index is 527. The molecule has 0 heterocycles. The molecule has 0 spiro atoms. The fourth-order valence-corrected chi connectivity index (χ4v) is 2.42. The fraction of sp³-hybridized carbons (Fsp3) is 0.308. The molecule has 6 nitrogen and oxygen atoms in total. The number of carbonyl (C=O) groups is 2. The van der Waals surface area contributed by atoms with Crippen molar-refractivity contribution in [1.29, 1.82) is 0 Å². The molecule has 0 aromatic heterocycles. The van der Waals surface area contributed by atoms with Crippen LogP contribution in [0.1, 0.15) is 24.8 Å². The second-order valence-electron chi connectivity index (χ2n) is 4.58. The van der Waals surface area contributed by atoms with Crippen molar-refractivity contribution in [2.24, 2.45) is 10.8 Å². The molecule has 2 amide bonds. The summed E-state index contributed by atoms with van der Waals surface area (Å²) in [6.45, 7) is 0. The molecule has 1 aliphatic carbocycles. The number of carboxylic acid groups (broad SMARTS) is 1. The van der Waals surface area contributed by atoms with Crippen LogP contribution < -0.4 is 11.2 Å². The Morgan fingerprint density at radius 2 is 2.00 bits per heavy atom. The summed E-state index contributed by atoms with van der Waals surface area (Å²) in [5.74, 6) is -0.872. The van der Waals surface area contributed by atoms with Crippen molar-refractivity contribution in [3.05, 3.63) is 35.9 Å². The summed E-state index contributed by atoms with van der Waals surface area (Å²) < 4.78 is 0. The van der Waals surface area contributed by atoms with E-state index in [-0.39, 0.29) is 6.42 Å². The van der Waals surface area contributed by atoms with Crippen LogP contribution in [0.4, 0.5) is 4.79 Å². The third-order valence-corrected chi connectivity index (χ3v) is 3.41. The van der Waals surface area contributed by atoms with Gasteiger partial charge in [0.2, 0.25) is 0 Å². The summed E-state index contributed by atoms with van der Waals surface area (Å²) in [4.78, 5) is 22.2. The molecular formula is C13H15N3O3. The van der Waals surface area contributed by atoms with Crippen molar-refractivity contribution >= 4 is 17.7 Å². The number of benzene rings is 1. The number of primary amides is 1. The number of urea groups is 1. The van der Waals surface area contributed by atoms with E-state index < -0.39 is 17.4 Å². The second kappa shape index (κ2) is 5.09. The number of nitrogens with zero attached hydrogens (tertiary/aromatic N) is 1. The maximum absolute atomic E-state index is 11.6. The van der Waals surface area contributed by atoms with Crippen molar-refractivity contribution in [2.75, 3.05) is 0 Å². The summed E-state index contributed by atoms with van der Waals surface area (Å²) in [5, 5.41) is 13.4. The monoisotopic (exact) mass is 261 g/mol. The molecule has 0 aliphatic heterocycles. The number of hydrogen-bond donors (Lipinski definition) is 3. The molecule has 1 saturated carbocycles. The lowest BCUT2D eigenvalue weighted by Gasteiger charge is -2.23. The maximum atomic E-state index is 11.6. The first kappa shape index (κ1) is 13.1. The summed E-state index contributed by atoms with van der Waals surface area (Å²) in [6.07, 6.45) is 1.28. The van der Waals surface area contributed by atoms with Crippen LogP contribution in [0, 0.1) is 0 Å². The van der Waals surface area contributed by atoms with Crippen LogP contribution in [-0.4, -0.2) is 22.8 Å². The quantitative estimate of drug-likeness (QED) is 0.712. The van der Waals surface area contributed by atoms with Gasteiger partial charge in [-0.3, -0.25) is 4.79 Å². The van der Waals surface area contributed by atoms with Gasteiger partial charge in [0.25, 0.3) is 0 Å². The molecule has 0 bridgehead atoms.